The molecule has 4 nitrogen and oxygen atoms in total. The summed E-state index contributed by atoms with van der Waals surface area (Å²) in [4.78, 5) is 12.2. The van der Waals surface area contributed by atoms with Crippen LogP contribution in [0.4, 0.5) is 0 Å². The molecule has 19 heavy (non-hydrogen) atoms. The lowest BCUT2D eigenvalue weighted by atomic mass is 9.82. The third-order valence-corrected chi connectivity index (χ3v) is 4.61. The lowest BCUT2D eigenvalue weighted by molar-refractivity contribution is -0.152. The van der Waals surface area contributed by atoms with Gasteiger partial charge in [-0.3, -0.25) is 4.79 Å². The van der Waals surface area contributed by atoms with Gasteiger partial charge >= 0.3 is 5.97 Å². The third-order valence-electron chi connectivity index (χ3n) is 4.61. The van der Waals surface area contributed by atoms with E-state index in [4.69, 9.17) is 16.2 Å². The quantitative estimate of drug-likeness (QED) is 0.796. The molecule has 2 aliphatic carbocycles. The van der Waals surface area contributed by atoms with Crippen LogP contribution in [0.15, 0.2) is 30.3 Å². The predicted molar refractivity (Wildman–Crippen MR) is 71.9 cm³/mol. The normalized spacial score (nSPS) is 36.4. The van der Waals surface area contributed by atoms with Crippen molar-refractivity contribution >= 4 is 5.97 Å². The van der Waals surface area contributed by atoms with Gasteiger partial charge in [-0.15, -0.1) is 0 Å². The van der Waals surface area contributed by atoms with Gasteiger partial charge < -0.3 is 16.2 Å². The van der Waals surface area contributed by atoms with Crippen molar-refractivity contribution in [1.82, 2.24) is 0 Å². The van der Waals surface area contributed by atoms with Gasteiger partial charge in [0.2, 0.25) is 0 Å². The summed E-state index contributed by atoms with van der Waals surface area (Å²) in [7, 11) is 0. The molecule has 0 aliphatic heterocycles. The van der Waals surface area contributed by atoms with Crippen LogP contribution < -0.4 is 11.5 Å². The molecule has 2 unspecified atom stereocenters. The summed E-state index contributed by atoms with van der Waals surface area (Å²) < 4.78 is 5.41. The van der Waals surface area contributed by atoms with Crippen LogP contribution in [0.1, 0.15) is 18.4 Å². The zero-order valence-electron chi connectivity index (χ0n) is 10.9. The Balaban J connectivity index is 1.60. The second-order valence-corrected chi connectivity index (χ2v) is 5.76. The van der Waals surface area contributed by atoms with Crippen molar-refractivity contribution < 1.29 is 9.53 Å². The Morgan fingerprint density at radius 3 is 2.58 bits per heavy atom. The maximum absolute atomic E-state index is 12.2. The van der Waals surface area contributed by atoms with Gasteiger partial charge in [0.05, 0.1) is 5.92 Å². The molecule has 5 atom stereocenters. The summed E-state index contributed by atoms with van der Waals surface area (Å²) in [6.45, 7) is 0.326. The van der Waals surface area contributed by atoms with Gasteiger partial charge in [0.25, 0.3) is 0 Å². The molecule has 0 spiro atoms. The van der Waals surface area contributed by atoms with Crippen LogP contribution in [0.5, 0.6) is 0 Å². The van der Waals surface area contributed by atoms with E-state index in [9.17, 15) is 4.79 Å². The number of carbonyl (C=O) groups excluding carboxylic acids is 1. The summed E-state index contributed by atoms with van der Waals surface area (Å²) in [5.41, 5.74) is 13.2. The van der Waals surface area contributed by atoms with Gasteiger partial charge in [-0.25, -0.2) is 0 Å². The summed E-state index contributed by atoms with van der Waals surface area (Å²) >= 11 is 0. The third kappa shape index (κ3) is 2.26. The molecule has 2 bridgehead atoms. The molecule has 2 saturated carbocycles. The number of rotatable bonds is 3. The highest BCUT2D eigenvalue weighted by Gasteiger charge is 2.53. The number of hydrogen-bond donors (Lipinski definition) is 2. The number of ether oxygens (including phenoxy) is 1. The molecule has 3 rings (SSSR count). The summed E-state index contributed by atoms with van der Waals surface area (Å²) in [5.74, 6) is 0.293. The molecular weight excluding hydrogens is 240 g/mol. The van der Waals surface area contributed by atoms with E-state index in [0.717, 1.165) is 18.4 Å². The van der Waals surface area contributed by atoms with Crippen LogP contribution in [0.25, 0.3) is 0 Å². The molecule has 0 heterocycles. The maximum Gasteiger partial charge on any atom is 0.311 e. The van der Waals surface area contributed by atoms with Crippen LogP contribution in [0, 0.1) is 17.8 Å². The fourth-order valence-electron chi connectivity index (χ4n) is 3.64. The van der Waals surface area contributed by atoms with Gasteiger partial charge in [-0.05, 0) is 30.2 Å². The Bertz CT molecular complexity index is 460. The first kappa shape index (κ1) is 12.6. The smallest absolute Gasteiger partial charge is 0.311 e. The fourth-order valence-corrected chi connectivity index (χ4v) is 3.64. The minimum Gasteiger partial charge on any atom is -0.461 e. The summed E-state index contributed by atoms with van der Waals surface area (Å²) in [5, 5.41) is 0. The average Bonchev–Trinajstić information content (AvgIpc) is 2.93. The van der Waals surface area contributed by atoms with Crippen LogP contribution in [0.2, 0.25) is 0 Å². The minimum atomic E-state index is -0.159. The highest BCUT2D eigenvalue weighted by atomic mass is 16.5. The number of carbonyl (C=O) groups is 1. The standard InChI is InChI=1S/C15H20N2O2/c16-12-7-10-6-11(12)14(17)13(10)15(18)19-8-9-4-2-1-3-5-9/h1-5,10-14H,6-8,16-17H2/t10?,11?,12-,13-,14-/m0/s1. The first-order valence-corrected chi connectivity index (χ1v) is 6.88. The maximum atomic E-state index is 12.2. The average molecular weight is 260 g/mol. The van der Waals surface area contributed by atoms with Crippen molar-refractivity contribution in [3.63, 3.8) is 0 Å². The fraction of sp³-hybridized carbons (Fsp3) is 0.533. The molecule has 4 heteroatoms. The van der Waals surface area contributed by atoms with E-state index in [1.54, 1.807) is 0 Å². The van der Waals surface area contributed by atoms with E-state index < -0.39 is 0 Å². The molecule has 0 amide bonds. The van der Waals surface area contributed by atoms with E-state index in [-0.39, 0.29) is 24.0 Å². The first-order valence-electron chi connectivity index (χ1n) is 6.88. The molecule has 0 saturated heterocycles. The Morgan fingerprint density at radius 1 is 1.21 bits per heavy atom. The Labute approximate surface area is 113 Å². The minimum absolute atomic E-state index is 0.128. The molecule has 0 aromatic heterocycles. The Hall–Kier alpha value is -1.39. The predicted octanol–water partition coefficient (Wildman–Crippen LogP) is 1.04. The van der Waals surface area contributed by atoms with Gasteiger partial charge in [0, 0.05) is 12.1 Å². The molecular formula is C15H20N2O2. The Kier molecular flexibility index (Phi) is 3.29. The summed E-state index contributed by atoms with van der Waals surface area (Å²) in [6, 6.07) is 9.75. The number of benzene rings is 1. The van der Waals surface area contributed by atoms with Crippen molar-refractivity contribution in [1.29, 1.82) is 0 Å². The summed E-state index contributed by atoms with van der Waals surface area (Å²) in [6.07, 6.45) is 1.89. The number of hydrogen-bond acceptors (Lipinski definition) is 4. The van der Waals surface area contributed by atoms with Crippen LogP contribution in [-0.4, -0.2) is 18.1 Å². The molecule has 4 N–H and O–H groups in total. The second kappa shape index (κ2) is 4.94. The van der Waals surface area contributed by atoms with Gasteiger partial charge in [-0.1, -0.05) is 30.3 Å². The van der Waals surface area contributed by atoms with E-state index in [1.165, 1.54) is 0 Å². The van der Waals surface area contributed by atoms with Crippen molar-refractivity contribution in [2.75, 3.05) is 0 Å². The molecule has 102 valence electrons. The van der Waals surface area contributed by atoms with Crippen molar-refractivity contribution in [3.05, 3.63) is 35.9 Å². The van der Waals surface area contributed by atoms with Crippen LogP contribution in [0.3, 0.4) is 0 Å². The van der Waals surface area contributed by atoms with Gasteiger partial charge in [0.15, 0.2) is 0 Å². The topological polar surface area (TPSA) is 78.3 Å². The zero-order chi connectivity index (χ0) is 13.4. The van der Waals surface area contributed by atoms with Crippen LogP contribution in [-0.2, 0) is 16.1 Å². The lowest BCUT2D eigenvalue weighted by Gasteiger charge is -2.30. The number of esters is 1. The van der Waals surface area contributed by atoms with E-state index in [0.29, 0.717) is 18.4 Å². The number of nitrogens with two attached hydrogens (primary N) is 2. The van der Waals surface area contributed by atoms with Gasteiger partial charge in [0.1, 0.15) is 6.61 Å². The number of fused-ring (bicyclic) bond motifs is 2. The SMILES string of the molecule is N[C@H]1CC2CC1[C@H](N)[C@H]2C(=O)OCc1ccccc1. The van der Waals surface area contributed by atoms with Crippen molar-refractivity contribution in [2.45, 2.75) is 31.5 Å². The highest BCUT2D eigenvalue weighted by Crippen LogP contribution is 2.47. The second-order valence-electron chi connectivity index (χ2n) is 5.76. The zero-order valence-corrected chi connectivity index (χ0v) is 10.9. The van der Waals surface area contributed by atoms with E-state index in [1.807, 2.05) is 30.3 Å². The monoisotopic (exact) mass is 260 g/mol. The van der Waals surface area contributed by atoms with Crippen molar-refractivity contribution in [2.24, 2.45) is 29.2 Å². The lowest BCUT2D eigenvalue weighted by Crippen LogP contribution is -2.48. The molecule has 0 radical (unpaired) electrons. The molecule has 1 aromatic carbocycles. The molecule has 2 aliphatic rings. The van der Waals surface area contributed by atoms with Crippen LogP contribution >= 0.6 is 0 Å². The largest absolute Gasteiger partial charge is 0.461 e. The van der Waals surface area contributed by atoms with E-state index in [2.05, 4.69) is 0 Å². The first-order chi connectivity index (χ1) is 9.16. The van der Waals surface area contributed by atoms with Gasteiger partial charge in [-0.2, -0.15) is 0 Å². The van der Waals surface area contributed by atoms with Crippen molar-refractivity contribution in [3.8, 4) is 0 Å². The highest BCUT2D eigenvalue weighted by molar-refractivity contribution is 5.74. The van der Waals surface area contributed by atoms with E-state index >= 15 is 0 Å². The molecule has 2 fully saturated rings. The molecule has 1 aromatic rings. The Morgan fingerprint density at radius 2 is 1.95 bits per heavy atom.